The molecule has 2 aromatic carbocycles. The monoisotopic (exact) mass is 538 g/mol. The van der Waals surface area contributed by atoms with Crippen molar-refractivity contribution < 1.29 is 9.53 Å². The highest BCUT2D eigenvalue weighted by Crippen LogP contribution is 2.38. The normalized spacial score (nSPS) is 17.4. The quantitative estimate of drug-likeness (QED) is 0.244. The number of benzene rings is 2. The first-order valence-corrected chi connectivity index (χ1v) is 13.9. The van der Waals surface area contributed by atoms with Gasteiger partial charge in [-0.2, -0.15) is 0 Å². The first-order valence-electron chi connectivity index (χ1n) is 13.9. The Morgan fingerprint density at radius 2 is 1.88 bits per heavy atom. The number of piperidine rings is 1. The Bertz CT molecular complexity index is 1510. The molecule has 40 heavy (non-hydrogen) atoms. The molecule has 0 aliphatic carbocycles. The van der Waals surface area contributed by atoms with Crippen molar-refractivity contribution in [3.63, 3.8) is 0 Å². The summed E-state index contributed by atoms with van der Waals surface area (Å²) >= 11 is 0. The molecule has 2 aromatic heterocycles. The Kier molecular flexibility index (Phi) is 7.98. The minimum absolute atomic E-state index is 0.0123. The van der Waals surface area contributed by atoms with Gasteiger partial charge in [-0.15, -0.1) is 0 Å². The van der Waals surface area contributed by atoms with E-state index in [9.17, 15) is 4.79 Å². The van der Waals surface area contributed by atoms with E-state index in [1.165, 1.54) is 0 Å². The summed E-state index contributed by atoms with van der Waals surface area (Å²) < 4.78 is 6.54. The molecule has 1 fully saturated rings. The summed E-state index contributed by atoms with van der Waals surface area (Å²) in [5.74, 6) is 2.33. The number of nitrogens with one attached hydrogen (secondary N) is 3. The van der Waals surface area contributed by atoms with Crippen LogP contribution in [0.3, 0.4) is 0 Å². The first kappa shape index (κ1) is 27.5. The molecule has 3 N–H and O–H groups in total. The Hall–Kier alpha value is -4.04. The van der Waals surface area contributed by atoms with Crippen LogP contribution in [0.2, 0.25) is 0 Å². The molecular weight excluding hydrogens is 500 g/mol. The maximum atomic E-state index is 12.7. The van der Waals surface area contributed by atoms with Crippen LogP contribution in [0.5, 0.6) is 11.6 Å². The molecule has 4 aromatic rings. The van der Waals surface area contributed by atoms with Crippen molar-refractivity contribution in [2.75, 3.05) is 23.7 Å². The zero-order valence-corrected chi connectivity index (χ0v) is 23.9. The van der Waals surface area contributed by atoms with Crippen LogP contribution in [0.1, 0.15) is 46.1 Å². The number of anilines is 2. The Morgan fingerprint density at radius 3 is 2.67 bits per heavy atom. The van der Waals surface area contributed by atoms with Crippen LogP contribution in [-0.2, 0) is 4.79 Å². The standard InChI is InChI=1S/C32H38N6O2/c1-20-16-22(19-33-18-20)36-31-35-15-13-27(38-31)25-9-7-14-34-30(25)40-29-21(2)11-12-23-24(29)8-6-10-26(23)37-28(39)17-32(3,4)5/h6-15,20,22,33H,16-19H2,1-5H3,(H,37,39)(H,35,36,38)/t20-,22+/m1/s1. The number of aryl methyl sites for hydroxylation is 1. The highest BCUT2D eigenvalue weighted by Gasteiger charge is 2.21. The van der Waals surface area contributed by atoms with E-state index in [0.29, 0.717) is 29.9 Å². The second-order valence-electron chi connectivity index (χ2n) is 12.0. The topological polar surface area (TPSA) is 101 Å². The van der Waals surface area contributed by atoms with Gasteiger partial charge in [0.2, 0.25) is 17.7 Å². The number of amides is 1. The predicted octanol–water partition coefficient (Wildman–Crippen LogP) is 6.58. The van der Waals surface area contributed by atoms with Crippen LogP contribution in [0.15, 0.2) is 60.9 Å². The molecular formula is C32H38N6O2. The highest BCUT2D eigenvalue weighted by atomic mass is 16.5. The van der Waals surface area contributed by atoms with Crippen molar-refractivity contribution in [1.29, 1.82) is 0 Å². The maximum Gasteiger partial charge on any atom is 0.228 e. The van der Waals surface area contributed by atoms with Gasteiger partial charge in [0, 0.05) is 47.9 Å². The van der Waals surface area contributed by atoms with Crippen molar-refractivity contribution >= 4 is 28.3 Å². The summed E-state index contributed by atoms with van der Waals surface area (Å²) in [5.41, 5.74) is 3.12. The molecule has 0 saturated carbocycles. The molecule has 1 aliphatic rings. The van der Waals surface area contributed by atoms with Crippen molar-refractivity contribution in [3.05, 3.63) is 66.5 Å². The third-order valence-electron chi connectivity index (χ3n) is 6.98. The summed E-state index contributed by atoms with van der Waals surface area (Å²) in [7, 11) is 0. The molecule has 2 atom stereocenters. The molecule has 0 unspecified atom stereocenters. The number of ether oxygens (including phenoxy) is 1. The van der Waals surface area contributed by atoms with E-state index in [-0.39, 0.29) is 17.4 Å². The molecule has 5 rings (SSSR count). The van der Waals surface area contributed by atoms with Crippen molar-refractivity contribution in [1.82, 2.24) is 20.3 Å². The van der Waals surface area contributed by atoms with Gasteiger partial charge in [0.05, 0.1) is 11.3 Å². The molecule has 1 saturated heterocycles. The smallest absolute Gasteiger partial charge is 0.228 e. The number of carbonyl (C=O) groups is 1. The lowest BCUT2D eigenvalue weighted by Gasteiger charge is -2.28. The van der Waals surface area contributed by atoms with Crippen LogP contribution >= 0.6 is 0 Å². The number of hydrogen-bond donors (Lipinski definition) is 3. The van der Waals surface area contributed by atoms with Crippen LogP contribution < -0.4 is 20.7 Å². The predicted molar refractivity (Wildman–Crippen MR) is 161 cm³/mol. The van der Waals surface area contributed by atoms with E-state index < -0.39 is 0 Å². The fraction of sp³-hybridized carbons (Fsp3) is 0.375. The average Bonchev–Trinajstić information content (AvgIpc) is 2.90. The summed E-state index contributed by atoms with van der Waals surface area (Å²) in [4.78, 5) is 26.6. The largest absolute Gasteiger partial charge is 0.437 e. The number of aromatic nitrogens is 3. The first-order chi connectivity index (χ1) is 19.2. The second kappa shape index (κ2) is 11.6. The fourth-order valence-corrected chi connectivity index (χ4v) is 5.15. The molecule has 3 heterocycles. The van der Waals surface area contributed by atoms with E-state index in [4.69, 9.17) is 9.72 Å². The van der Waals surface area contributed by atoms with Gasteiger partial charge in [-0.1, -0.05) is 52.0 Å². The molecule has 8 heteroatoms. The highest BCUT2D eigenvalue weighted by molar-refractivity contribution is 6.04. The second-order valence-corrected chi connectivity index (χ2v) is 12.0. The number of rotatable bonds is 7. The van der Waals surface area contributed by atoms with Gasteiger partial charge < -0.3 is 20.7 Å². The number of carbonyl (C=O) groups excluding carboxylic acids is 1. The molecule has 1 amide bonds. The third-order valence-corrected chi connectivity index (χ3v) is 6.98. The van der Waals surface area contributed by atoms with Crippen LogP contribution in [0, 0.1) is 18.3 Å². The van der Waals surface area contributed by atoms with Gasteiger partial charge in [-0.3, -0.25) is 4.79 Å². The van der Waals surface area contributed by atoms with Gasteiger partial charge in [0.25, 0.3) is 0 Å². The SMILES string of the molecule is Cc1ccc2c(NC(=O)CC(C)(C)C)cccc2c1Oc1ncccc1-c1ccnc(N[C@@H]2CNC[C@H](C)C2)n1. The number of hydrogen-bond acceptors (Lipinski definition) is 7. The fourth-order valence-electron chi connectivity index (χ4n) is 5.15. The van der Waals surface area contributed by atoms with Crippen LogP contribution in [0.4, 0.5) is 11.6 Å². The molecule has 0 spiro atoms. The number of fused-ring (bicyclic) bond motifs is 1. The molecule has 0 radical (unpaired) electrons. The van der Waals surface area contributed by atoms with Crippen LogP contribution in [0.25, 0.3) is 22.0 Å². The summed E-state index contributed by atoms with van der Waals surface area (Å²) in [6, 6.07) is 15.9. The molecule has 8 nitrogen and oxygen atoms in total. The third kappa shape index (κ3) is 6.57. The lowest BCUT2D eigenvalue weighted by molar-refractivity contribution is -0.117. The van der Waals surface area contributed by atoms with E-state index in [0.717, 1.165) is 52.8 Å². The van der Waals surface area contributed by atoms with E-state index in [2.05, 4.69) is 53.6 Å². The lowest BCUT2D eigenvalue weighted by Crippen LogP contribution is -2.42. The zero-order chi connectivity index (χ0) is 28.3. The van der Waals surface area contributed by atoms with E-state index in [1.807, 2.05) is 55.5 Å². The molecule has 0 bridgehead atoms. The van der Waals surface area contributed by atoms with Crippen LogP contribution in [-0.4, -0.2) is 40.0 Å². The van der Waals surface area contributed by atoms with Crippen molar-refractivity contribution in [3.8, 4) is 22.9 Å². The summed E-state index contributed by atoms with van der Waals surface area (Å²) in [6.45, 7) is 12.3. The average molecular weight is 539 g/mol. The van der Waals surface area contributed by atoms with E-state index >= 15 is 0 Å². The van der Waals surface area contributed by atoms with Gasteiger partial charge in [0.1, 0.15) is 5.75 Å². The van der Waals surface area contributed by atoms with E-state index in [1.54, 1.807) is 12.4 Å². The minimum Gasteiger partial charge on any atom is -0.437 e. The lowest BCUT2D eigenvalue weighted by atomic mass is 9.92. The number of nitrogens with zero attached hydrogens (tertiary/aromatic N) is 3. The van der Waals surface area contributed by atoms with Crippen molar-refractivity contribution in [2.24, 2.45) is 11.3 Å². The minimum atomic E-state index is -0.100. The van der Waals surface area contributed by atoms with Gasteiger partial charge in [0.15, 0.2) is 0 Å². The van der Waals surface area contributed by atoms with Crippen molar-refractivity contribution in [2.45, 2.75) is 53.5 Å². The maximum absolute atomic E-state index is 12.7. The van der Waals surface area contributed by atoms with Gasteiger partial charge in [-0.25, -0.2) is 15.0 Å². The molecule has 1 aliphatic heterocycles. The Labute approximate surface area is 236 Å². The number of pyridine rings is 1. The Morgan fingerprint density at radius 1 is 1.02 bits per heavy atom. The van der Waals surface area contributed by atoms with Gasteiger partial charge >= 0.3 is 0 Å². The summed E-state index contributed by atoms with van der Waals surface area (Å²) in [5, 5.41) is 11.8. The molecule has 208 valence electrons. The Balaban J connectivity index is 1.45. The summed E-state index contributed by atoms with van der Waals surface area (Å²) in [6.07, 6.45) is 4.98. The zero-order valence-electron chi connectivity index (χ0n) is 23.9. The van der Waals surface area contributed by atoms with Gasteiger partial charge in [-0.05, 0) is 61.1 Å².